The summed E-state index contributed by atoms with van der Waals surface area (Å²) in [6, 6.07) is 6.91. The molecule has 1 atom stereocenters. The second-order valence-electron chi connectivity index (χ2n) is 7.69. The average molecular weight is 342 g/mol. The predicted molar refractivity (Wildman–Crippen MR) is 101 cm³/mol. The Balaban J connectivity index is 1.50. The molecular formula is C20H30N4O. The number of piperazine rings is 1. The molecule has 1 unspecified atom stereocenters. The van der Waals surface area contributed by atoms with E-state index >= 15 is 0 Å². The molecular weight excluding hydrogens is 312 g/mol. The van der Waals surface area contributed by atoms with E-state index in [0.29, 0.717) is 6.04 Å². The van der Waals surface area contributed by atoms with Crippen LogP contribution in [0.5, 0.6) is 0 Å². The lowest BCUT2D eigenvalue weighted by molar-refractivity contribution is 0.0774. The van der Waals surface area contributed by atoms with Gasteiger partial charge in [0.25, 0.3) is 5.91 Å². The molecule has 3 aliphatic heterocycles. The van der Waals surface area contributed by atoms with Crippen molar-refractivity contribution in [3.63, 3.8) is 0 Å². The Bertz CT molecular complexity index is 620. The minimum atomic E-state index is 0.225. The van der Waals surface area contributed by atoms with Gasteiger partial charge in [0.2, 0.25) is 0 Å². The van der Waals surface area contributed by atoms with E-state index in [1.165, 1.54) is 18.4 Å². The van der Waals surface area contributed by atoms with E-state index < -0.39 is 0 Å². The lowest BCUT2D eigenvalue weighted by atomic mass is 10.1. The largest absolute Gasteiger partial charge is 0.371 e. The lowest BCUT2D eigenvalue weighted by Gasteiger charge is -2.32. The van der Waals surface area contributed by atoms with E-state index in [1.807, 2.05) is 0 Å². The van der Waals surface area contributed by atoms with Crippen molar-refractivity contribution < 1.29 is 4.79 Å². The third-order valence-electron chi connectivity index (χ3n) is 5.95. The number of carbonyl (C=O) groups is 1. The molecule has 3 aliphatic rings. The Kier molecular flexibility index (Phi) is 4.95. The maximum atomic E-state index is 13.3. The number of rotatable bonds is 3. The monoisotopic (exact) mass is 342 g/mol. The van der Waals surface area contributed by atoms with Crippen molar-refractivity contribution in [2.45, 2.75) is 32.2 Å². The third-order valence-corrected chi connectivity index (χ3v) is 5.95. The van der Waals surface area contributed by atoms with E-state index in [4.69, 9.17) is 0 Å². The summed E-state index contributed by atoms with van der Waals surface area (Å²) in [6.45, 7) is 10.4. The summed E-state index contributed by atoms with van der Waals surface area (Å²) < 4.78 is 0. The van der Waals surface area contributed by atoms with Crippen LogP contribution in [-0.2, 0) is 0 Å². The molecule has 3 heterocycles. The van der Waals surface area contributed by atoms with Crippen molar-refractivity contribution in [2.24, 2.45) is 0 Å². The van der Waals surface area contributed by atoms with Crippen LogP contribution < -0.4 is 10.2 Å². The van der Waals surface area contributed by atoms with Crippen molar-refractivity contribution in [1.29, 1.82) is 0 Å². The Labute approximate surface area is 151 Å². The fourth-order valence-corrected chi connectivity index (χ4v) is 4.50. The SMILES string of the molecule is Cc1ccc(N2CCCC2)c(C(=O)N2CCC(N3CCNCC3)C2)c1. The molecule has 0 aliphatic carbocycles. The summed E-state index contributed by atoms with van der Waals surface area (Å²) in [5, 5.41) is 3.42. The van der Waals surface area contributed by atoms with Crippen LogP contribution in [0.4, 0.5) is 5.69 Å². The molecule has 0 saturated carbocycles. The highest BCUT2D eigenvalue weighted by Gasteiger charge is 2.32. The van der Waals surface area contributed by atoms with Gasteiger partial charge in [-0.1, -0.05) is 11.6 Å². The molecule has 1 amide bonds. The Morgan fingerprint density at radius 1 is 1.08 bits per heavy atom. The van der Waals surface area contributed by atoms with E-state index in [0.717, 1.165) is 70.0 Å². The second-order valence-corrected chi connectivity index (χ2v) is 7.69. The molecule has 3 saturated heterocycles. The van der Waals surface area contributed by atoms with Crippen LogP contribution in [0.2, 0.25) is 0 Å². The summed E-state index contributed by atoms with van der Waals surface area (Å²) in [6.07, 6.45) is 3.57. The molecule has 5 nitrogen and oxygen atoms in total. The standard InChI is InChI=1S/C20H30N4O/c1-16-4-5-19(23-9-2-3-10-23)18(14-16)20(25)24-11-6-17(15-24)22-12-7-21-8-13-22/h4-5,14,17,21H,2-3,6-13,15H2,1H3. The van der Waals surface area contributed by atoms with Crippen LogP contribution in [0.3, 0.4) is 0 Å². The average Bonchev–Trinajstić information content (AvgIpc) is 3.34. The molecule has 25 heavy (non-hydrogen) atoms. The van der Waals surface area contributed by atoms with Gasteiger partial charge in [0.05, 0.1) is 5.56 Å². The number of nitrogens with one attached hydrogen (secondary N) is 1. The quantitative estimate of drug-likeness (QED) is 0.908. The molecule has 1 aromatic carbocycles. The number of hydrogen-bond acceptors (Lipinski definition) is 4. The molecule has 136 valence electrons. The van der Waals surface area contributed by atoms with Gasteiger partial charge in [-0.05, 0) is 38.3 Å². The Morgan fingerprint density at radius 2 is 1.84 bits per heavy atom. The van der Waals surface area contributed by atoms with Gasteiger partial charge in [0.15, 0.2) is 0 Å². The molecule has 4 rings (SSSR count). The molecule has 5 heteroatoms. The van der Waals surface area contributed by atoms with Crippen LogP contribution in [0.25, 0.3) is 0 Å². The number of benzene rings is 1. The van der Waals surface area contributed by atoms with Gasteiger partial charge in [-0.3, -0.25) is 9.69 Å². The van der Waals surface area contributed by atoms with Crippen LogP contribution >= 0.6 is 0 Å². The van der Waals surface area contributed by atoms with Crippen molar-refractivity contribution in [3.8, 4) is 0 Å². The highest BCUT2D eigenvalue weighted by molar-refractivity contribution is 6.00. The third kappa shape index (κ3) is 3.53. The van der Waals surface area contributed by atoms with E-state index in [-0.39, 0.29) is 5.91 Å². The van der Waals surface area contributed by atoms with Crippen molar-refractivity contribution in [2.75, 3.05) is 57.3 Å². The number of anilines is 1. The number of aryl methyl sites for hydroxylation is 1. The fraction of sp³-hybridized carbons (Fsp3) is 0.650. The topological polar surface area (TPSA) is 38.8 Å². The van der Waals surface area contributed by atoms with Crippen LogP contribution in [0.15, 0.2) is 18.2 Å². The van der Waals surface area contributed by atoms with Gasteiger partial charge >= 0.3 is 0 Å². The smallest absolute Gasteiger partial charge is 0.256 e. The van der Waals surface area contributed by atoms with Gasteiger partial charge in [0.1, 0.15) is 0 Å². The molecule has 0 aromatic heterocycles. The molecule has 1 N–H and O–H groups in total. The summed E-state index contributed by atoms with van der Waals surface area (Å²) in [5.41, 5.74) is 3.21. The number of amides is 1. The van der Waals surface area contributed by atoms with Crippen LogP contribution in [-0.4, -0.2) is 74.1 Å². The zero-order valence-electron chi connectivity index (χ0n) is 15.3. The first kappa shape index (κ1) is 16.9. The van der Waals surface area contributed by atoms with Gasteiger partial charge in [-0.25, -0.2) is 0 Å². The van der Waals surface area contributed by atoms with Gasteiger partial charge in [-0.2, -0.15) is 0 Å². The Morgan fingerprint density at radius 3 is 2.60 bits per heavy atom. The number of likely N-dealkylation sites (tertiary alicyclic amines) is 1. The number of nitrogens with zero attached hydrogens (tertiary/aromatic N) is 3. The minimum absolute atomic E-state index is 0.225. The molecule has 0 radical (unpaired) electrons. The molecule has 3 fully saturated rings. The summed E-state index contributed by atoms with van der Waals surface area (Å²) in [4.78, 5) is 20.3. The van der Waals surface area contributed by atoms with Crippen molar-refractivity contribution >= 4 is 11.6 Å². The maximum Gasteiger partial charge on any atom is 0.256 e. The minimum Gasteiger partial charge on any atom is -0.371 e. The number of carbonyl (C=O) groups excluding carboxylic acids is 1. The lowest BCUT2D eigenvalue weighted by Crippen LogP contribution is -2.49. The van der Waals surface area contributed by atoms with Gasteiger partial charge in [0, 0.05) is 64.1 Å². The maximum absolute atomic E-state index is 13.3. The number of hydrogen-bond donors (Lipinski definition) is 1. The zero-order valence-corrected chi connectivity index (χ0v) is 15.3. The fourth-order valence-electron chi connectivity index (χ4n) is 4.50. The zero-order chi connectivity index (χ0) is 17.2. The second kappa shape index (κ2) is 7.34. The summed E-state index contributed by atoms with van der Waals surface area (Å²) >= 11 is 0. The van der Waals surface area contributed by atoms with Crippen molar-refractivity contribution in [1.82, 2.24) is 15.1 Å². The Hall–Kier alpha value is -1.59. The van der Waals surface area contributed by atoms with E-state index in [1.54, 1.807) is 0 Å². The van der Waals surface area contributed by atoms with Crippen LogP contribution in [0, 0.1) is 6.92 Å². The van der Waals surface area contributed by atoms with Gasteiger partial charge < -0.3 is 15.1 Å². The molecule has 0 spiro atoms. The first-order valence-corrected chi connectivity index (χ1v) is 9.82. The van der Waals surface area contributed by atoms with Crippen LogP contribution in [0.1, 0.15) is 35.2 Å². The van der Waals surface area contributed by atoms with Crippen molar-refractivity contribution in [3.05, 3.63) is 29.3 Å². The van der Waals surface area contributed by atoms with Gasteiger partial charge in [-0.15, -0.1) is 0 Å². The normalized spacial score (nSPS) is 24.9. The molecule has 0 bridgehead atoms. The first-order chi connectivity index (χ1) is 12.2. The van der Waals surface area contributed by atoms with E-state index in [9.17, 15) is 4.79 Å². The predicted octanol–water partition coefficient (Wildman–Crippen LogP) is 1.71. The first-order valence-electron chi connectivity index (χ1n) is 9.82. The highest BCUT2D eigenvalue weighted by atomic mass is 16.2. The highest BCUT2D eigenvalue weighted by Crippen LogP contribution is 2.28. The summed E-state index contributed by atoms with van der Waals surface area (Å²) in [7, 11) is 0. The molecule has 1 aromatic rings. The summed E-state index contributed by atoms with van der Waals surface area (Å²) in [5.74, 6) is 0.225. The van der Waals surface area contributed by atoms with E-state index in [2.05, 4.69) is 45.1 Å².